The van der Waals surface area contributed by atoms with Crippen molar-refractivity contribution in [2.24, 2.45) is 0 Å². The van der Waals surface area contributed by atoms with Gasteiger partial charge in [-0.15, -0.1) is 0 Å². The van der Waals surface area contributed by atoms with Crippen LogP contribution >= 0.6 is 15.9 Å². The highest BCUT2D eigenvalue weighted by Crippen LogP contribution is 2.23. The van der Waals surface area contributed by atoms with E-state index in [1.54, 1.807) is 0 Å². The zero-order chi connectivity index (χ0) is 15.2. The average molecular weight is 347 g/mol. The highest BCUT2D eigenvalue weighted by molar-refractivity contribution is 9.10. The molecule has 2 rings (SSSR count). The molecule has 0 aliphatic carbocycles. The summed E-state index contributed by atoms with van der Waals surface area (Å²) in [6.45, 7) is 4.05. The van der Waals surface area contributed by atoms with Gasteiger partial charge in [0.25, 0.3) is 0 Å². The second-order valence-corrected chi connectivity index (χ2v) is 5.82. The number of hydrogen-bond donors (Lipinski definition) is 2. The molecule has 0 radical (unpaired) electrons. The lowest BCUT2D eigenvalue weighted by molar-refractivity contribution is -0.116. The van der Waals surface area contributed by atoms with Gasteiger partial charge >= 0.3 is 0 Å². The van der Waals surface area contributed by atoms with Gasteiger partial charge in [0.05, 0.1) is 0 Å². The van der Waals surface area contributed by atoms with Gasteiger partial charge in [0.15, 0.2) is 0 Å². The van der Waals surface area contributed by atoms with Crippen molar-refractivity contribution in [2.45, 2.75) is 26.7 Å². The normalized spacial score (nSPS) is 10.2. The summed E-state index contributed by atoms with van der Waals surface area (Å²) < 4.78 is 1.10. The lowest BCUT2D eigenvalue weighted by atomic mass is 10.2. The minimum Gasteiger partial charge on any atom is -0.356 e. The van der Waals surface area contributed by atoms with Crippen molar-refractivity contribution in [3.05, 3.63) is 52.5 Å². The summed E-state index contributed by atoms with van der Waals surface area (Å²) in [6.07, 6.45) is 1.41. The van der Waals surface area contributed by atoms with E-state index in [0.29, 0.717) is 6.42 Å². The van der Waals surface area contributed by atoms with Crippen molar-refractivity contribution >= 4 is 38.9 Å². The van der Waals surface area contributed by atoms with Crippen LogP contribution in [0.25, 0.3) is 0 Å². The van der Waals surface area contributed by atoms with E-state index in [0.717, 1.165) is 28.0 Å². The molecular formula is C17H19BrN2O. The summed E-state index contributed by atoms with van der Waals surface area (Å²) in [5.74, 6) is 0.0572. The molecule has 0 saturated carbocycles. The topological polar surface area (TPSA) is 41.1 Å². The van der Waals surface area contributed by atoms with E-state index in [4.69, 9.17) is 0 Å². The molecule has 3 nitrogen and oxygen atoms in total. The Hall–Kier alpha value is -1.81. The van der Waals surface area contributed by atoms with Crippen molar-refractivity contribution in [1.82, 2.24) is 0 Å². The Bertz CT molecular complexity index is 623. The maximum Gasteiger partial charge on any atom is 0.224 e. The van der Waals surface area contributed by atoms with Crippen molar-refractivity contribution in [3.8, 4) is 0 Å². The summed E-state index contributed by atoms with van der Waals surface area (Å²) in [5.41, 5.74) is 4.04. The summed E-state index contributed by atoms with van der Waals surface area (Å²) in [4.78, 5) is 11.5. The first-order valence-corrected chi connectivity index (χ1v) is 7.81. The molecule has 0 aliphatic heterocycles. The fourth-order valence-corrected chi connectivity index (χ4v) is 2.22. The molecule has 0 fully saturated rings. The molecule has 2 N–H and O–H groups in total. The number of aryl methyl sites for hydroxylation is 1. The molecule has 0 atom stereocenters. The van der Waals surface area contributed by atoms with E-state index in [1.165, 1.54) is 5.56 Å². The molecular weight excluding hydrogens is 328 g/mol. The maximum atomic E-state index is 11.5. The summed E-state index contributed by atoms with van der Waals surface area (Å²) in [6, 6.07) is 13.9. The van der Waals surface area contributed by atoms with Crippen LogP contribution in [0.3, 0.4) is 0 Å². The van der Waals surface area contributed by atoms with E-state index >= 15 is 0 Å². The van der Waals surface area contributed by atoms with Crippen LogP contribution in [-0.4, -0.2) is 5.91 Å². The van der Waals surface area contributed by atoms with Crippen LogP contribution in [0.1, 0.15) is 25.3 Å². The Morgan fingerprint density at radius 2 is 1.67 bits per heavy atom. The Kier molecular flexibility index (Phi) is 5.39. The largest absolute Gasteiger partial charge is 0.356 e. The molecule has 0 heterocycles. The second kappa shape index (κ2) is 7.27. The first-order chi connectivity index (χ1) is 10.1. The van der Waals surface area contributed by atoms with Crippen LogP contribution in [-0.2, 0) is 4.79 Å². The molecule has 21 heavy (non-hydrogen) atoms. The fourth-order valence-electron chi connectivity index (χ4n) is 1.98. The number of hydrogen-bond acceptors (Lipinski definition) is 2. The van der Waals surface area contributed by atoms with Gasteiger partial charge in [-0.3, -0.25) is 4.79 Å². The summed E-state index contributed by atoms with van der Waals surface area (Å²) >= 11 is 3.49. The fraction of sp³-hybridized carbons (Fsp3) is 0.235. The number of benzene rings is 2. The molecule has 0 spiro atoms. The number of rotatable bonds is 5. The standard InChI is InChI=1S/C17H19BrN2O/c1-3-4-17(21)20-14-7-5-13(6-8-14)19-15-9-10-16(18)12(2)11-15/h5-11,19H,3-4H2,1-2H3,(H,20,21). The minimum atomic E-state index is 0.0572. The molecule has 2 aromatic rings. The third kappa shape index (κ3) is 4.60. The number of nitrogens with one attached hydrogen (secondary N) is 2. The predicted octanol–water partition coefficient (Wildman–Crippen LogP) is 5.24. The average Bonchev–Trinajstić information content (AvgIpc) is 2.45. The van der Waals surface area contributed by atoms with Crippen LogP contribution in [0, 0.1) is 6.92 Å². The Labute approximate surface area is 133 Å². The van der Waals surface area contributed by atoms with Crippen LogP contribution in [0.15, 0.2) is 46.9 Å². The monoisotopic (exact) mass is 346 g/mol. The Morgan fingerprint density at radius 3 is 2.29 bits per heavy atom. The zero-order valence-electron chi connectivity index (χ0n) is 12.2. The molecule has 2 aromatic carbocycles. The predicted molar refractivity (Wildman–Crippen MR) is 92.1 cm³/mol. The SMILES string of the molecule is CCCC(=O)Nc1ccc(Nc2ccc(Br)c(C)c2)cc1. The van der Waals surface area contributed by atoms with Gasteiger partial charge in [0.1, 0.15) is 0 Å². The number of anilines is 3. The van der Waals surface area contributed by atoms with E-state index < -0.39 is 0 Å². The van der Waals surface area contributed by atoms with Crippen molar-refractivity contribution in [1.29, 1.82) is 0 Å². The van der Waals surface area contributed by atoms with Gasteiger partial charge in [0, 0.05) is 28.0 Å². The van der Waals surface area contributed by atoms with Gasteiger partial charge in [0.2, 0.25) is 5.91 Å². The van der Waals surface area contributed by atoms with Crippen LogP contribution in [0.2, 0.25) is 0 Å². The smallest absolute Gasteiger partial charge is 0.224 e. The second-order valence-electron chi connectivity index (χ2n) is 4.96. The first kappa shape index (κ1) is 15.6. The molecule has 1 amide bonds. The summed E-state index contributed by atoms with van der Waals surface area (Å²) in [5, 5.41) is 6.22. The van der Waals surface area contributed by atoms with E-state index in [9.17, 15) is 4.79 Å². The highest BCUT2D eigenvalue weighted by atomic mass is 79.9. The quantitative estimate of drug-likeness (QED) is 0.777. The van der Waals surface area contributed by atoms with Gasteiger partial charge in [-0.1, -0.05) is 22.9 Å². The molecule has 110 valence electrons. The highest BCUT2D eigenvalue weighted by Gasteiger charge is 2.01. The number of amides is 1. The van der Waals surface area contributed by atoms with E-state index in [2.05, 4.69) is 39.6 Å². The number of halogens is 1. The van der Waals surface area contributed by atoms with Crippen LogP contribution in [0.4, 0.5) is 17.1 Å². The van der Waals surface area contributed by atoms with Gasteiger partial charge < -0.3 is 10.6 Å². The van der Waals surface area contributed by atoms with Crippen molar-refractivity contribution < 1.29 is 4.79 Å². The molecule has 4 heteroatoms. The number of carbonyl (C=O) groups excluding carboxylic acids is 1. The Morgan fingerprint density at radius 1 is 1.05 bits per heavy atom. The third-order valence-corrected chi connectivity index (χ3v) is 3.98. The van der Waals surface area contributed by atoms with Gasteiger partial charge in [-0.25, -0.2) is 0 Å². The maximum absolute atomic E-state index is 11.5. The lowest BCUT2D eigenvalue weighted by Crippen LogP contribution is -2.10. The third-order valence-electron chi connectivity index (χ3n) is 3.09. The summed E-state index contributed by atoms with van der Waals surface area (Å²) in [7, 11) is 0. The minimum absolute atomic E-state index is 0.0572. The van der Waals surface area contributed by atoms with Crippen LogP contribution in [0.5, 0.6) is 0 Å². The molecule has 0 aliphatic rings. The van der Waals surface area contributed by atoms with Crippen molar-refractivity contribution in [3.63, 3.8) is 0 Å². The van der Waals surface area contributed by atoms with Crippen molar-refractivity contribution in [2.75, 3.05) is 10.6 Å². The zero-order valence-corrected chi connectivity index (χ0v) is 13.8. The molecule has 0 saturated heterocycles. The van der Waals surface area contributed by atoms with E-state index in [1.807, 2.05) is 43.3 Å². The Balaban J connectivity index is 2.01. The lowest BCUT2D eigenvalue weighted by Gasteiger charge is -2.10. The van der Waals surface area contributed by atoms with Crippen LogP contribution < -0.4 is 10.6 Å². The molecule has 0 unspecified atom stereocenters. The molecule has 0 bridgehead atoms. The number of carbonyl (C=O) groups is 1. The first-order valence-electron chi connectivity index (χ1n) is 7.01. The van der Waals surface area contributed by atoms with E-state index in [-0.39, 0.29) is 5.91 Å². The molecule has 0 aromatic heterocycles. The van der Waals surface area contributed by atoms with Gasteiger partial charge in [-0.2, -0.15) is 0 Å². The van der Waals surface area contributed by atoms with Gasteiger partial charge in [-0.05, 0) is 61.4 Å².